The van der Waals surface area contributed by atoms with Crippen LogP contribution in [0.3, 0.4) is 0 Å². The minimum absolute atomic E-state index is 0.178. The summed E-state index contributed by atoms with van der Waals surface area (Å²) in [4.78, 5) is 26.9. The predicted molar refractivity (Wildman–Crippen MR) is 104 cm³/mol. The molecular formula is C21H19ClF4N2O2. The standard InChI is InChI=1S/C21H19ClF4N2O2/c22-14-4-2-13(3-5-14)8-11-28-18(19(29)27-10-1-9-21(24,25)26)17-12-15(23)6-7-16(17)20(28)30/h2-7,12,18H,1,8-11H2,(H,27,29). The Kier molecular flexibility index (Phi) is 6.65. The highest BCUT2D eigenvalue weighted by Crippen LogP contribution is 2.34. The van der Waals surface area contributed by atoms with Crippen molar-refractivity contribution in [3.63, 3.8) is 0 Å². The van der Waals surface area contributed by atoms with E-state index in [0.29, 0.717) is 11.4 Å². The summed E-state index contributed by atoms with van der Waals surface area (Å²) in [6.07, 6.45) is -5.19. The summed E-state index contributed by atoms with van der Waals surface area (Å²) in [5, 5.41) is 3.01. The number of hydrogen-bond donors (Lipinski definition) is 1. The number of rotatable bonds is 7. The maximum absolute atomic E-state index is 13.8. The fourth-order valence-corrected chi connectivity index (χ4v) is 3.53. The average Bonchev–Trinajstić information content (AvgIpc) is 2.95. The van der Waals surface area contributed by atoms with Crippen molar-refractivity contribution in [1.29, 1.82) is 0 Å². The zero-order valence-corrected chi connectivity index (χ0v) is 16.6. The normalized spacial score (nSPS) is 16.0. The lowest BCUT2D eigenvalue weighted by atomic mass is 10.0. The fraction of sp³-hybridized carbons (Fsp3) is 0.333. The first-order valence-corrected chi connectivity index (χ1v) is 9.73. The van der Waals surface area contributed by atoms with Crippen molar-refractivity contribution in [1.82, 2.24) is 10.2 Å². The molecule has 0 aromatic heterocycles. The summed E-state index contributed by atoms with van der Waals surface area (Å²) in [6, 6.07) is 9.48. The number of hydrogen-bond acceptors (Lipinski definition) is 2. The van der Waals surface area contributed by atoms with Gasteiger partial charge >= 0.3 is 6.18 Å². The average molecular weight is 443 g/mol. The Morgan fingerprint density at radius 2 is 1.83 bits per heavy atom. The third-order valence-corrected chi connectivity index (χ3v) is 5.10. The molecule has 160 valence electrons. The third-order valence-electron chi connectivity index (χ3n) is 4.85. The minimum atomic E-state index is -4.31. The molecule has 3 rings (SSSR count). The van der Waals surface area contributed by atoms with E-state index in [2.05, 4.69) is 5.32 Å². The number of nitrogens with one attached hydrogen (secondary N) is 1. The van der Waals surface area contributed by atoms with Gasteiger partial charge in [0.25, 0.3) is 5.91 Å². The number of carbonyl (C=O) groups excluding carboxylic acids is 2. The molecule has 2 amide bonds. The van der Waals surface area contributed by atoms with Crippen molar-refractivity contribution in [2.75, 3.05) is 13.1 Å². The van der Waals surface area contributed by atoms with E-state index in [1.54, 1.807) is 24.3 Å². The Balaban J connectivity index is 1.75. The predicted octanol–water partition coefficient (Wildman–Crippen LogP) is 4.68. The van der Waals surface area contributed by atoms with Crippen LogP contribution in [0.1, 0.15) is 40.4 Å². The van der Waals surface area contributed by atoms with Crippen molar-refractivity contribution in [2.24, 2.45) is 0 Å². The van der Waals surface area contributed by atoms with E-state index in [-0.39, 0.29) is 30.6 Å². The molecule has 30 heavy (non-hydrogen) atoms. The molecule has 1 unspecified atom stereocenters. The van der Waals surface area contributed by atoms with Gasteiger partial charge in [-0.1, -0.05) is 23.7 Å². The Hall–Kier alpha value is -2.61. The van der Waals surface area contributed by atoms with Crippen LogP contribution in [0.2, 0.25) is 5.02 Å². The zero-order valence-electron chi connectivity index (χ0n) is 15.8. The van der Waals surface area contributed by atoms with Crippen LogP contribution in [0.25, 0.3) is 0 Å². The molecular weight excluding hydrogens is 424 g/mol. The number of benzene rings is 2. The highest BCUT2D eigenvalue weighted by Gasteiger charge is 2.41. The van der Waals surface area contributed by atoms with Gasteiger partial charge in [-0.25, -0.2) is 4.39 Å². The first-order chi connectivity index (χ1) is 14.2. The van der Waals surface area contributed by atoms with Crippen molar-refractivity contribution >= 4 is 23.4 Å². The van der Waals surface area contributed by atoms with E-state index in [1.807, 2.05) is 0 Å². The summed E-state index contributed by atoms with van der Waals surface area (Å²) in [7, 11) is 0. The van der Waals surface area contributed by atoms with Crippen LogP contribution < -0.4 is 5.32 Å². The molecule has 0 fully saturated rings. The molecule has 0 saturated heterocycles. The maximum Gasteiger partial charge on any atom is 0.389 e. The second-order valence-corrected chi connectivity index (χ2v) is 7.46. The monoisotopic (exact) mass is 442 g/mol. The van der Waals surface area contributed by atoms with Crippen LogP contribution in [0, 0.1) is 5.82 Å². The number of carbonyl (C=O) groups is 2. The lowest BCUT2D eigenvalue weighted by Gasteiger charge is -2.25. The molecule has 9 heteroatoms. The van der Waals surface area contributed by atoms with Gasteiger partial charge in [0.15, 0.2) is 0 Å². The quantitative estimate of drug-likeness (QED) is 0.500. The van der Waals surface area contributed by atoms with Gasteiger partial charge in [0.1, 0.15) is 11.9 Å². The van der Waals surface area contributed by atoms with Gasteiger partial charge in [-0.2, -0.15) is 13.2 Å². The molecule has 2 aromatic rings. The second-order valence-electron chi connectivity index (χ2n) is 7.02. The van der Waals surface area contributed by atoms with Gasteiger partial charge in [0.2, 0.25) is 5.91 Å². The van der Waals surface area contributed by atoms with E-state index in [1.165, 1.54) is 11.0 Å². The van der Waals surface area contributed by atoms with Crippen LogP contribution in [0.15, 0.2) is 42.5 Å². The number of alkyl halides is 3. The van der Waals surface area contributed by atoms with Crippen LogP contribution >= 0.6 is 11.6 Å². The number of nitrogens with zero attached hydrogens (tertiary/aromatic N) is 1. The topological polar surface area (TPSA) is 49.4 Å². The van der Waals surface area contributed by atoms with Crippen LogP contribution in [-0.2, 0) is 11.2 Å². The molecule has 4 nitrogen and oxygen atoms in total. The molecule has 0 aliphatic carbocycles. The molecule has 0 saturated carbocycles. The summed E-state index contributed by atoms with van der Waals surface area (Å²) in [6.45, 7) is -0.0177. The smallest absolute Gasteiger partial charge is 0.354 e. The van der Waals surface area contributed by atoms with E-state index >= 15 is 0 Å². The highest BCUT2D eigenvalue weighted by atomic mass is 35.5. The lowest BCUT2D eigenvalue weighted by Crippen LogP contribution is -2.40. The van der Waals surface area contributed by atoms with Gasteiger partial charge in [-0.05, 0) is 54.3 Å². The summed E-state index contributed by atoms with van der Waals surface area (Å²) >= 11 is 5.87. The molecule has 2 aromatic carbocycles. The van der Waals surface area contributed by atoms with Crippen molar-refractivity contribution in [2.45, 2.75) is 31.5 Å². The number of halogens is 5. The van der Waals surface area contributed by atoms with Crippen LogP contribution in [0.5, 0.6) is 0 Å². The van der Waals surface area contributed by atoms with E-state index in [0.717, 1.165) is 17.7 Å². The summed E-state index contributed by atoms with van der Waals surface area (Å²) in [5.74, 6) is -1.66. The Morgan fingerprint density at radius 3 is 2.50 bits per heavy atom. The number of fused-ring (bicyclic) bond motifs is 1. The van der Waals surface area contributed by atoms with Crippen molar-refractivity contribution in [3.05, 3.63) is 70.0 Å². The molecule has 1 N–H and O–H groups in total. The Labute approximate surface area is 175 Å². The Morgan fingerprint density at radius 1 is 1.13 bits per heavy atom. The summed E-state index contributed by atoms with van der Waals surface area (Å²) in [5.41, 5.74) is 1.31. The van der Waals surface area contributed by atoms with E-state index < -0.39 is 36.3 Å². The SMILES string of the molecule is O=C(NCCCC(F)(F)F)C1c2cc(F)ccc2C(=O)N1CCc1ccc(Cl)cc1. The van der Waals surface area contributed by atoms with Crippen LogP contribution in [0.4, 0.5) is 17.6 Å². The van der Waals surface area contributed by atoms with E-state index in [4.69, 9.17) is 11.6 Å². The molecule has 1 aliphatic rings. The first kappa shape index (κ1) is 22.1. The van der Waals surface area contributed by atoms with Crippen LogP contribution in [-0.4, -0.2) is 36.0 Å². The number of amides is 2. The minimum Gasteiger partial charge on any atom is -0.354 e. The second kappa shape index (κ2) is 9.04. The van der Waals surface area contributed by atoms with Gasteiger partial charge in [0, 0.05) is 30.1 Å². The third kappa shape index (κ3) is 5.30. The molecule has 1 aliphatic heterocycles. The summed E-state index contributed by atoms with van der Waals surface area (Å²) < 4.78 is 50.7. The van der Waals surface area contributed by atoms with Gasteiger partial charge < -0.3 is 10.2 Å². The largest absolute Gasteiger partial charge is 0.389 e. The fourth-order valence-electron chi connectivity index (χ4n) is 3.41. The van der Waals surface area contributed by atoms with Gasteiger partial charge in [-0.3, -0.25) is 9.59 Å². The van der Waals surface area contributed by atoms with Gasteiger partial charge in [-0.15, -0.1) is 0 Å². The van der Waals surface area contributed by atoms with Gasteiger partial charge in [0.05, 0.1) is 0 Å². The maximum atomic E-state index is 13.8. The van der Waals surface area contributed by atoms with Crippen molar-refractivity contribution in [3.8, 4) is 0 Å². The molecule has 1 heterocycles. The van der Waals surface area contributed by atoms with Crippen molar-refractivity contribution < 1.29 is 27.2 Å². The first-order valence-electron chi connectivity index (χ1n) is 9.35. The molecule has 0 bridgehead atoms. The Bertz CT molecular complexity index is 932. The molecule has 0 radical (unpaired) electrons. The lowest BCUT2D eigenvalue weighted by molar-refractivity contribution is -0.136. The zero-order chi connectivity index (χ0) is 21.9. The molecule has 0 spiro atoms. The van der Waals surface area contributed by atoms with E-state index in [9.17, 15) is 27.2 Å². The highest BCUT2D eigenvalue weighted by molar-refractivity contribution is 6.30. The molecule has 1 atom stereocenters.